The molecule has 0 unspecified atom stereocenters. The molecule has 98 valence electrons. The van der Waals surface area contributed by atoms with Crippen molar-refractivity contribution in [2.75, 3.05) is 32.6 Å². The van der Waals surface area contributed by atoms with Crippen LogP contribution in [0.3, 0.4) is 0 Å². The first-order chi connectivity index (χ1) is 8.49. The Labute approximate surface area is 113 Å². The second-order valence-electron chi connectivity index (χ2n) is 5.64. The van der Waals surface area contributed by atoms with Crippen molar-refractivity contribution in [2.45, 2.75) is 24.9 Å². The second-order valence-corrected chi connectivity index (χ2v) is 6.05. The molecule has 0 aliphatic carbocycles. The molecule has 0 saturated carbocycles. The van der Waals surface area contributed by atoms with Gasteiger partial charge in [0.05, 0.1) is 24.0 Å². The SMILES string of the molecule is COc1cc(Cl)c2c(c1)[C@]1(C)CCN(C)[C@@H]1N2C. The van der Waals surface area contributed by atoms with E-state index >= 15 is 0 Å². The van der Waals surface area contributed by atoms with Gasteiger partial charge in [0.2, 0.25) is 0 Å². The summed E-state index contributed by atoms with van der Waals surface area (Å²) in [6, 6.07) is 4.05. The minimum absolute atomic E-state index is 0.150. The molecular weight excluding hydrogens is 248 g/mol. The monoisotopic (exact) mass is 266 g/mol. The highest BCUT2D eigenvalue weighted by molar-refractivity contribution is 6.33. The summed E-state index contributed by atoms with van der Waals surface area (Å²) >= 11 is 6.43. The molecule has 2 aliphatic rings. The van der Waals surface area contributed by atoms with Crippen molar-refractivity contribution in [1.82, 2.24) is 4.90 Å². The van der Waals surface area contributed by atoms with Crippen molar-refractivity contribution in [3.63, 3.8) is 0 Å². The van der Waals surface area contributed by atoms with Crippen LogP contribution in [-0.4, -0.2) is 38.8 Å². The first-order valence-electron chi connectivity index (χ1n) is 6.30. The van der Waals surface area contributed by atoms with Crippen LogP contribution in [-0.2, 0) is 5.41 Å². The number of methoxy groups -OCH3 is 1. The lowest BCUT2D eigenvalue weighted by atomic mass is 9.81. The number of nitrogens with zero attached hydrogens (tertiary/aromatic N) is 2. The Morgan fingerprint density at radius 2 is 2.11 bits per heavy atom. The van der Waals surface area contributed by atoms with Crippen molar-refractivity contribution in [3.8, 4) is 5.75 Å². The summed E-state index contributed by atoms with van der Waals surface area (Å²) in [7, 11) is 6.01. The highest BCUT2D eigenvalue weighted by Crippen LogP contribution is 2.54. The first-order valence-corrected chi connectivity index (χ1v) is 6.68. The fourth-order valence-corrected chi connectivity index (χ4v) is 4.09. The summed E-state index contributed by atoms with van der Waals surface area (Å²) < 4.78 is 5.36. The van der Waals surface area contributed by atoms with E-state index in [4.69, 9.17) is 16.3 Å². The van der Waals surface area contributed by atoms with Crippen molar-refractivity contribution in [2.24, 2.45) is 0 Å². The number of anilines is 1. The molecule has 2 atom stereocenters. The molecule has 1 saturated heterocycles. The van der Waals surface area contributed by atoms with Crippen LogP contribution in [0.2, 0.25) is 5.02 Å². The molecule has 3 nitrogen and oxygen atoms in total. The molecule has 0 aromatic heterocycles. The maximum absolute atomic E-state index is 6.43. The summed E-state index contributed by atoms with van der Waals surface area (Å²) in [5, 5.41) is 0.788. The van der Waals surface area contributed by atoms with E-state index in [1.165, 1.54) is 5.56 Å². The molecule has 1 fully saturated rings. The predicted molar refractivity (Wildman–Crippen MR) is 74.8 cm³/mol. The third kappa shape index (κ3) is 1.35. The van der Waals surface area contributed by atoms with Crippen molar-refractivity contribution in [1.29, 1.82) is 0 Å². The molecule has 0 radical (unpaired) electrons. The lowest BCUT2D eigenvalue weighted by molar-refractivity contribution is 0.268. The molecule has 18 heavy (non-hydrogen) atoms. The van der Waals surface area contributed by atoms with E-state index in [2.05, 4.69) is 36.9 Å². The van der Waals surface area contributed by atoms with Gasteiger partial charge < -0.3 is 9.64 Å². The van der Waals surface area contributed by atoms with Gasteiger partial charge in [-0.3, -0.25) is 4.90 Å². The van der Waals surface area contributed by atoms with Gasteiger partial charge in [0, 0.05) is 25.1 Å². The fourth-order valence-electron chi connectivity index (χ4n) is 3.75. The zero-order chi connectivity index (χ0) is 13.1. The van der Waals surface area contributed by atoms with E-state index in [-0.39, 0.29) is 5.41 Å². The van der Waals surface area contributed by atoms with E-state index < -0.39 is 0 Å². The summed E-state index contributed by atoms with van der Waals surface area (Å²) in [5.74, 6) is 0.851. The Balaban J connectivity index is 2.22. The Bertz CT molecular complexity index is 505. The molecule has 0 N–H and O–H groups in total. The highest BCUT2D eigenvalue weighted by Gasteiger charge is 2.53. The molecule has 1 aromatic carbocycles. The topological polar surface area (TPSA) is 15.7 Å². The zero-order valence-corrected chi connectivity index (χ0v) is 12.1. The van der Waals surface area contributed by atoms with Crippen LogP contribution in [0.25, 0.3) is 0 Å². The second kappa shape index (κ2) is 3.78. The van der Waals surface area contributed by atoms with Gasteiger partial charge in [0.15, 0.2) is 0 Å². The van der Waals surface area contributed by atoms with Gasteiger partial charge in [0.1, 0.15) is 5.75 Å². The minimum Gasteiger partial charge on any atom is -0.497 e. The fraction of sp³-hybridized carbons (Fsp3) is 0.571. The van der Waals surface area contributed by atoms with Crippen LogP contribution >= 0.6 is 11.6 Å². The minimum atomic E-state index is 0.150. The van der Waals surface area contributed by atoms with Crippen LogP contribution in [0.1, 0.15) is 18.9 Å². The summed E-state index contributed by atoms with van der Waals surface area (Å²) in [6.07, 6.45) is 1.56. The number of likely N-dealkylation sites (tertiary alicyclic amines) is 1. The van der Waals surface area contributed by atoms with E-state index in [0.717, 1.165) is 29.4 Å². The lowest BCUT2D eigenvalue weighted by Crippen LogP contribution is -2.45. The molecule has 1 aromatic rings. The highest BCUT2D eigenvalue weighted by atomic mass is 35.5. The molecular formula is C14H19ClN2O. The summed E-state index contributed by atoms with van der Waals surface area (Å²) in [6.45, 7) is 3.46. The van der Waals surface area contributed by atoms with Gasteiger partial charge in [-0.2, -0.15) is 0 Å². The molecule has 0 spiro atoms. The summed E-state index contributed by atoms with van der Waals surface area (Å²) in [5.41, 5.74) is 2.64. The van der Waals surface area contributed by atoms with Crippen molar-refractivity contribution >= 4 is 17.3 Å². The van der Waals surface area contributed by atoms with Crippen molar-refractivity contribution < 1.29 is 4.74 Å². The average molecular weight is 267 g/mol. The molecule has 3 rings (SSSR count). The number of fused-ring (bicyclic) bond motifs is 3. The van der Waals surface area contributed by atoms with Gasteiger partial charge in [-0.15, -0.1) is 0 Å². The Kier molecular flexibility index (Phi) is 2.55. The van der Waals surface area contributed by atoms with Crippen LogP contribution in [0.5, 0.6) is 5.75 Å². The van der Waals surface area contributed by atoms with Crippen LogP contribution < -0.4 is 9.64 Å². The van der Waals surface area contributed by atoms with Gasteiger partial charge in [0.25, 0.3) is 0 Å². The molecule has 2 aliphatic heterocycles. The zero-order valence-electron chi connectivity index (χ0n) is 11.3. The number of rotatable bonds is 1. The number of benzene rings is 1. The number of hydrogen-bond acceptors (Lipinski definition) is 3. The largest absolute Gasteiger partial charge is 0.497 e. The van der Waals surface area contributed by atoms with E-state index in [1.54, 1.807) is 7.11 Å². The molecule has 0 amide bonds. The van der Waals surface area contributed by atoms with E-state index in [9.17, 15) is 0 Å². The molecule has 2 heterocycles. The number of halogens is 1. The number of likely N-dealkylation sites (N-methyl/N-ethyl adjacent to an activating group) is 2. The molecule has 4 heteroatoms. The summed E-state index contributed by atoms with van der Waals surface area (Å²) in [4.78, 5) is 4.72. The van der Waals surface area contributed by atoms with Gasteiger partial charge in [-0.1, -0.05) is 18.5 Å². The van der Waals surface area contributed by atoms with Gasteiger partial charge in [-0.05, 0) is 25.1 Å². The maximum atomic E-state index is 6.43. The van der Waals surface area contributed by atoms with E-state index in [0.29, 0.717) is 6.17 Å². The van der Waals surface area contributed by atoms with Crippen molar-refractivity contribution in [3.05, 3.63) is 22.7 Å². The third-order valence-corrected chi connectivity index (χ3v) is 4.87. The smallest absolute Gasteiger partial charge is 0.120 e. The standard InChI is InChI=1S/C14H19ClN2O/c1-14-5-6-16(2)13(14)17(3)12-10(14)7-9(18-4)8-11(12)15/h7-8,13H,5-6H2,1-4H3/t13-,14+/m1/s1. The average Bonchev–Trinajstić information content (AvgIpc) is 2.75. The quantitative estimate of drug-likeness (QED) is 0.777. The number of ether oxygens (including phenoxy) is 1. The van der Waals surface area contributed by atoms with Gasteiger partial charge >= 0.3 is 0 Å². The first kappa shape index (κ1) is 12.1. The van der Waals surface area contributed by atoms with Crippen LogP contribution in [0.15, 0.2) is 12.1 Å². The Hall–Kier alpha value is -0.930. The Morgan fingerprint density at radius 1 is 1.39 bits per heavy atom. The molecule has 0 bridgehead atoms. The lowest BCUT2D eigenvalue weighted by Gasteiger charge is -2.32. The third-order valence-electron chi connectivity index (χ3n) is 4.58. The van der Waals surface area contributed by atoms with Crippen LogP contribution in [0, 0.1) is 0 Å². The van der Waals surface area contributed by atoms with E-state index in [1.807, 2.05) is 6.07 Å². The van der Waals surface area contributed by atoms with Crippen LogP contribution in [0.4, 0.5) is 5.69 Å². The predicted octanol–water partition coefficient (Wildman–Crippen LogP) is 2.72. The van der Waals surface area contributed by atoms with Gasteiger partial charge in [-0.25, -0.2) is 0 Å². The Morgan fingerprint density at radius 3 is 2.78 bits per heavy atom. The number of hydrogen-bond donors (Lipinski definition) is 0. The normalized spacial score (nSPS) is 30.5. The maximum Gasteiger partial charge on any atom is 0.120 e.